The van der Waals surface area contributed by atoms with Crippen LogP contribution in [0.1, 0.15) is 96.8 Å². The van der Waals surface area contributed by atoms with Crippen LogP contribution < -0.4 is 0 Å². The normalized spacial score (nSPS) is 11.0. The zero-order valence-electron chi connectivity index (χ0n) is 13.0. The zero-order chi connectivity index (χ0) is 13.3. The van der Waals surface area contributed by atoms with E-state index in [0.29, 0.717) is 0 Å². The molecule has 0 saturated carbocycles. The lowest BCUT2D eigenvalue weighted by molar-refractivity contribution is 0.192. The number of ether oxygens (including phenoxy) is 1. The lowest BCUT2D eigenvalue weighted by Gasteiger charge is -2.03. The fourth-order valence-electron chi connectivity index (χ4n) is 2.44. The molecule has 0 aliphatic carbocycles. The van der Waals surface area contributed by atoms with Crippen LogP contribution in [0.2, 0.25) is 0 Å². The molecule has 18 heavy (non-hydrogen) atoms. The second-order valence-electron chi connectivity index (χ2n) is 5.59. The number of rotatable bonds is 15. The smallest absolute Gasteiger partial charge is 0.0462 e. The van der Waals surface area contributed by atoms with E-state index in [9.17, 15) is 0 Å². The SMILES string of the molecule is CCCCCCCCCCCCCCCCOC. The number of unbranched alkanes of at least 4 members (excludes halogenated alkanes) is 13. The van der Waals surface area contributed by atoms with Gasteiger partial charge >= 0.3 is 0 Å². The van der Waals surface area contributed by atoms with E-state index >= 15 is 0 Å². The highest BCUT2D eigenvalue weighted by Crippen LogP contribution is 2.12. The van der Waals surface area contributed by atoms with Crippen molar-refractivity contribution >= 4 is 0 Å². The molecule has 0 aromatic rings. The van der Waals surface area contributed by atoms with Crippen LogP contribution in [0.3, 0.4) is 0 Å². The van der Waals surface area contributed by atoms with Gasteiger partial charge in [-0.05, 0) is 6.42 Å². The van der Waals surface area contributed by atoms with Crippen molar-refractivity contribution in [1.29, 1.82) is 0 Å². The molecule has 0 amide bonds. The highest BCUT2D eigenvalue weighted by atomic mass is 16.5. The molecule has 0 spiro atoms. The molecule has 0 rings (SSSR count). The molecular weight excluding hydrogens is 220 g/mol. The topological polar surface area (TPSA) is 9.23 Å². The quantitative estimate of drug-likeness (QED) is 0.321. The van der Waals surface area contributed by atoms with E-state index in [2.05, 4.69) is 6.92 Å². The maximum absolute atomic E-state index is 5.05. The van der Waals surface area contributed by atoms with E-state index in [1.54, 1.807) is 7.11 Å². The van der Waals surface area contributed by atoms with E-state index in [-0.39, 0.29) is 0 Å². The van der Waals surface area contributed by atoms with E-state index in [0.717, 1.165) is 6.61 Å². The Morgan fingerprint density at radius 3 is 1.17 bits per heavy atom. The molecule has 110 valence electrons. The average molecular weight is 256 g/mol. The minimum absolute atomic E-state index is 0.942. The van der Waals surface area contributed by atoms with Crippen molar-refractivity contribution in [2.45, 2.75) is 96.8 Å². The van der Waals surface area contributed by atoms with Crippen molar-refractivity contribution in [1.82, 2.24) is 0 Å². The Balaban J connectivity index is 2.86. The first-order valence-corrected chi connectivity index (χ1v) is 8.40. The molecule has 0 aliphatic heterocycles. The third-order valence-corrected chi connectivity index (χ3v) is 3.70. The zero-order valence-corrected chi connectivity index (χ0v) is 13.0. The van der Waals surface area contributed by atoms with Gasteiger partial charge in [0, 0.05) is 13.7 Å². The van der Waals surface area contributed by atoms with Gasteiger partial charge in [-0.25, -0.2) is 0 Å². The van der Waals surface area contributed by atoms with Gasteiger partial charge in [0.25, 0.3) is 0 Å². The summed E-state index contributed by atoms with van der Waals surface area (Å²) >= 11 is 0. The molecule has 0 N–H and O–H groups in total. The van der Waals surface area contributed by atoms with E-state index in [1.165, 1.54) is 89.9 Å². The van der Waals surface area contributed by atoms with Crippen molar-refractivity contribution in [3.8, 4) is 0 Å². The number of hydrogen-bond acceptors (Lipinski definition) is 1. The molecule has 0 heterocycles. The predicted molar refractivity (Wildman–Crippen MR) is 82.2 cm³/mol. The molecule has 0 aromatic heterocycles. The molecule has 0 radical (unpaired) electrons. The van der Waals surface area contributed by atoms with Crippen LogP contribution in [-0.4, -0.2) is 13.7 Å². The van der Waals surface area contributed by atoms with Gasteiger partial charge < -0.3 is 4.74 Å². The summed E-state index contributed by atoms with van der Waals surface area (Å²) in [4.78, 5) is 0. The number of hydrogen-bond donors (Lipinski definition) is 0. The Hall–Kier alpha value is -0.0400. The molecular formula is C17H36O. The summed E-state index contributed by atoms with van der Waals surface area (Å²) in [6.07, 6.45) is 19.9. The van der Waals surface area contributed by atoms with E-state index in [1.807, 2.05) is 0 Å². The molecule has 0 unspecified atom stereocenters. The Bertz CT molecular complexity index is 118. The van der Waals surface area contributed by atoms with Gasteiger partial charge in [-0.2, -0.15) is 0 Å². The van der Waals surface area contributed by atoms with Crippen molar-refractivity contribution in [3.63, 3.8) is 0 Å². The molecule has 0 fully saturated rings. The second-order valence-corrected chi connectivity index (χ2v) is 5.59. The van der Waals surface area contributed by atoms with E-state index < -0.39 is 0 Å². The Kier molecular flexibility index (Phi) is 16.9. The van der Waals surface area contributed by atoms with Crippen molar-refractivity contribution in [2.75, 3.05) is 13.7 Å². The third kappa shape index (κ3) is 16.0. The average Bonchev–Trinajstić information content (AvgIpc) is 2.39. The van der Waals surface area contributed by atoms with Gasteiger partial charge in [-0.15, -0.1) is 0 Å². The van der Waals surface area contributed by atoms with Crippen LogP contribution in [0, 0.1) is 0 Å². The summed E-state index contributed by atoms with van der Waals surface area (Å²) in [5.74, 6) is 0. The highest BCUT2D eigenvalue weighted by molar-refractivity contribution is 4.49. The lowest BCUT2D eigenvalue weighted by Crippen LogP contribution is -1.88. The van der Waals surface area contributed by atoms with Crippen LogP contribution in [0.25, 0.3) is 0 Å². The first kappa shape index (κ1) is 18.0. The maximum atomic E-state index is 5.05. The van der Waals surface area contributed by atoms with Crippen LogP contribution in [0.15, 0.2) is 0 Å². The molecule has 1 nitrogen and oxygen atoms in total. The van der Waals surface area contributed by atoms with Gasteiger partial charge in [-0.1, -0.05) is 90.4 Å². The van der Waals surface area contributed by atoms with Gasteiger partial charge in [0.2, 0.25) is 0 Å². The van der Waals surface area contributed by atoms with Crippen molar-refractivity contribution in [3.05, 3.63) is 0 Å². The molecule has 0 bridgehead atoms. The van der Waals surface area contributed by atoms with Crippen LogP contribution in [-0.2, 0) is 4.74 Å². The number of methoxy groups -OCH3 is 1. The first-order chi connectivity index (χ1) is 8.91. The Labute approximate surface area is 116 Å². The van der Waals surface area contributed by atoms with Gasteiger partial charge in [0.15, 0.2) is 0 Å². The molecule has 0 aliphatic rings. The summed E-state index contributed by atoms with van der Waals surface area (Å²) in [5, 5.41) is 0. The molecule has 0 saturated heterocycles. The second kappa shape index (κ2) is 17.0. The first-order valence-electron chi connectivity index (χ1n) is 8.40. The predicted octanol–water partition coefficient (Wildman–Crippen LogP) is 6.11. The fourth-order valence-corrected chi connectivity index (χ4v) is 2.44. The molecule has 0 atom stereocenters. The molecule has 1 heteroatoms. The Morgan fingerprint density at radius 2 is 0.833 bits per heavy atom. The molecule has 0 aromatic carbocycles. The summed E-state index contributed by atoms with van der Waals surface area (Å²) < 4.78 is 5.05. The largest absolute Gasteiger partial charge is 0.385 e. The highest BCUT2D eigenvalue weighted by Gasteiger charge is 1.93. The summed E-state index contributed by atoms with van der Waals surface area (Å²) in [5.41, 5.74) is 0. The third-order valence-electron chi connectivity index (χ3n) is 3.70. The summed E-state index contributed by atoms with van der Waals surface area (Å²) in [6, 6.07) is 0. The van der Waals surface area contributed by atoms with Crippen molar-refractivity contribution in [2.24, 2.45) is 0 Å². The van der Waals surface area contributed by atoms with Gasteiger partial charge in [0.1, 0.15) is 0 Å². The summed E-state index contributed by atoms with van der Waals surface area (Å²) in [6.45, 7) is 3.23. The van der Waals surface area contributed by atoms with Gasteiger partial charge in [-0.3, -0.25) is 0 Å². The minimum Gasteiger partial charge on any atom is -0.385 e. The van der Waals surface area contributed by atoms with Crippen LogP contribution in [0.5, 0.6) is 0 Å². The van der Waals surface area contributed by atoms with Crippen molar-refractivity contribution < 1.29 is 4.74 Å². The maximum Gasteiger partial charge on any atom is 0.0462 e. The monoisotopic (exact) mass is 256 g/mol. The summed E-state index contributed by atoms with van der Waals surface area (Å²) in [7, 11) is 1.79. The van der Waals surface area contributed by atoms with Gasteiger partial charge in [0.05, 0.1) is 0 Å². The fraction of sp³-hybridized carbons (Fsp3) is 1.00. The lowest BCUT2D eigenvalue weighted by atomic mass is 10.0. The Morgan fingerprint density at radius 1 is 0.500 bits per heavy atom. The van der Waals surface area contributed by atoms with E-state index in [4.69, 9.17) is 4.74 Å². The van der Waals surface area contributed by atoms with Crippen LogP contribution in [0.4, 0.5) is 0 Å². The minimum atomic E-state index is 0.942. The standard InChI is InChI=1S/C17H36O/c1-3-4-5-6-7-8-9-10-11-12-13-14-15-16-17-18-2/h3-17H2,1-2H3. The van der Waals surface area contributed by atoms with Crippen LogP contribution >= 0.6 is 0 Å².